The van der Waals surface area contributed by atoms with Gasteiger partial charge in [-0.3, -0.25) is 0 Å². The van der Waals surface area contributed by atoms with Gasteiger partial charge in [0.2, 0.25) is 0 Å². The van der Waals surface area contributed by atoms with Gasteiger partial charge in [0.25, 0.3) is 0 Å². The Balaban J connectivity index is 1.01. The number of pyridine rings is 1. The molecule has 0 atom stereocenters. The summed E-state index contributed by atoms with van der Waals surface area (Å²) in [5, 5.41) is 3.61. The average molecular weight is 724 g/mol. The summed E-state index contributed by atoms with van der Waals surface area (Å²) in [5.41, 5.74) is 17.7. The maximum absolute atomic E-state index is 5.02. The van der Waals surface area contributed by atoms with Crippen LogP contribution in [0.2, 0.25) is 0 Å². The van der Waals surface area contributed by atoms with Crippen molar-refractivity contribution in [3.63, 3.8) is 0 Å². The molecule has 11 rings (SSSR count). The molecule has 0 unspecified atom stereocenters. The van der Waals surface area contributed by atoms with E-state index in [1.165, 1.54) is 77.5 Å². The minimum atomic E-state index is -0.424. The van der Waals surface area contributed by atoms with Crippen LogP contribution in [0.3, 0.4) is 0 Å². The van der Waals surface area contributed by atoms with Crippen LogP contribution in [0.1, 0.15) is 22.3 Å². The van der Waals surface area contributed by atoms with Gasteiger partial charge in [0.05, 0.1) is 16.6 Å². The highest BCUT2D eigenvalue weighted by Gasteiger charge is 2.46. The summed E-state index contributed by atoms with van der Waals surface area (Å²) in [4.78, 5) is 5.02. The molecule has 1 heteroatoms. The monoisotopic (exact) mass is 723 g/mol. The predicted molar refractivity (Wildman–Crippen MR) is 238 cm³/mol. The highest BCUT2D eigenvalue weighted by atomic mass is 14.7. The van der Waals surface area contributed by atoms with Gasteiger partial charge in [-0.15, -0.1) is 0 Å². The molecule has 0 saturated heterocycles. The van der Waals surface area contributed by atoms with Gasteiger partial charge in [0, 0.05) is 10.9 Å². The van der Waals surface area contributed by atoms with Crippen molar-refractivity contribution in [2.75, 3.05) is 0 Å². The van der Waals surface area contributed by atoms with Crippen LogP contribution in [0.5, 0.6) is 0 Å². The molecule has 1 aromatic heterocycles. The van der Waals surface area contributed by atoms with E-state index in [-0.39, 0.29) is 0 Å². The van der Waals surface area contributed by atoms with Gasteiger partial charge in [-0.05, 0) is 102 Å². The topological polar surface area (TPSA) is 12.9 Å². The number of fused-ring (bicyclic) bond motifs is 5. The first kappa shape index (κ1) is 33.0. The molecule has 9 aromatic carbocycles. The molecule has 0 aliphatic heterocycles. The fourth-order valence-electron chi connectivity index (χ4n) is 9.34. The van der Waals surface area contributed by atoms with Crippen LogP contribution < -0.4 is 0 Å². The minimum Gasteiger partial charge on any atom is -0.248 e. The first-order valence-corrected chi connectivity index (χ1v) is 19.7. The third-order valence-corrected chi connectivity index (χ3v) is 11.9. The summed E-state index contributed by atoms with van der Waals surface area (Å²) < 4.78 is 0. The predicted octanol–water partition coefficient (Wildman–Crippen LogP) is 14.4. The first-order chi connectivity index (χ1) is 28.3. The van der Waals surface area contributed by atoms with Crippen LogP contribution >= 0.6 is 0 Å². The third-order valence-electron chi connectivity index (χ3n) is 11.9. The van der Waals surface area contributed by atoms with E-state index in [1.807, 2.05) is 6.07 Å². The van der Waals surface area contributed by atoms with Crippen molar-refractivity contribution < 1.29 is 0 Å². The van der Waals surface area contributed by atoms with Crippen molar-refractivity contribution in [1.82, 2.24) is 4.98 Å². The third kappa shape index (κ3) is 5.35. The van der Waals surface area contributed by atoms with Gasteiger partial charge >= 0.3 is 0 Å². The van der Waals surface area contributed by atoms with E-state index in [0.29, 0.717) is 0 Å². The number of aromatic nitrogens is 1. The van der Waals surface area contributed by atoms with Gasteiger partial charge in [0.1, 0.15) is 0 Å². The standard InChI is InChI=1S/C56H37N/c1-4-15-41(16-5-1)54-37-50(48-21-11-13-26-53(48)57-54)40-31-27-38(28-32-40)42-33-29-39-30-34-43(36-44(39)35-42)47-23-14-25-52-55(47)49-22-10-12-24-51(49)56(52,45-17-6-2-7-18-45)46-19-8-3-9-20-46/h1-37H. The lowest BCUT2D eigenvalue weighted by atomic mass is 9.67. The number of rotatable bonds is 6. The largest absolute Gasteiger partial charge is 0.248 e. The number of benzene rings is 9. The molecule has 0 fully saturated rings. The SMILES string of the molecule is c1ccc(-c2cc(-c3ccc(-c4ccc5ccc(-c6cccc7c6-c6ccccc6C7(c6ccccc6)c6ccccc6)cc5c4)cc3)c3ccccc3n2)cc1. The fourth-order valence-corrected chi connectivity index (χ4v) is 9.34. The highest BCUT2D eigenvalue weighted by Crippen LogP contribution is 2.58. The van der Waals surface area contributed by atoms with Crippen LogP contribution in [-0.2, 0) is 5.41 Å². The summed E-state index contributed by atoms with van der Waals surface area (Å²) in [6, 6.07) is 81.9. The van der Waals surface area contributed by atoms with E-state index in [0.717, 1.165) is 22.2 Å². The molecular weight excluding hydrogens is 687 g/mol. The van der Waals surface area contributed by atoms with Crippen LogP contribution in [0, 0.1) is 0 Å². The highest BCUT2D eigenvalue weighted by molar-refractivity contribution is 5.99. The molecule has 266 valence electrons. The maximum Gasteiger partial charge on any atom is 0.0715 e. The van der Waals surface area contributed by atoms with Crippen LogP contribution in [0.4, 0.5) is 0 Å². The Labute approximate surface area is 333 Å². The maximum atomic E-state index is 5.02. The van der Waals surface area contributed by atoms with E-state index in [1.54, 1.807) is 0 Å². The fraction of sp³-hybridized carbons (Fsp3) is 0.0179. The van der Waals surface area contributed by atoms with Crippen LogP contribution in [0.25, 0.3) is 77.4 Å². The van der Waals surface area contributed by atoms with Crippen molar-refractivity contribution in [2.24, 2.45) is 0 Å². The van der Waals surface area contributed by atoms with Crippen LogP contribution in [0.15, 0.2) is 224 Å². The number of nitrogens with zero attached hydrogens (tertiary/aromatic N) is 1. The molecule has 0 amide bonds. The molecular formula is C56H37N. The molecule has 0 spiro atoms. The molecule has 57 heavy (non-hydrogen) atoms. The molecule has 1 aliphatic rings. The van der Waals surface area contributed by atoms with Crippen molar-refractivity contribution in [3.8, 4) is 55.8 Å². The van der Waals surface area contributed by atoms with Gasteiger partial charge < -0.3 is 0 Å². The Kier molecular flexibility index (Phi) is 7.79. The van der Waals surface area contributed by atoms with E-state index in [9.17, 15) is 0 Å². The summed E-state index contributed by atoms with van der Waals surface area (Å²) >= 11 is 0. The second kappa shape index (κ2) is 13.4. The molecule has 0 saturated carbocycles. The van der Waals surface area contributed by atoms with Gasteiger partial charge in [-0.1, -0.05) is 200 Å². The normalized spacial score (nSPS) is 12.7. The number of para-hydroxylation sites is 1. The zero-order chi connectivity index (χ0) is 37.8. The summed E-state index contributed by atoms with van der Waals surface area (Å²) in [6.07, 6.45) is 0. The van der Waals surface area contributed by atoms with E-state index >= 15 is 0 Å². The lowest BCUT2D eigenvalue weighted by Gasteiger charge is -2.34. The lowest BCUT2D eigenvalue weighted by molar-refractivity contribution is 0.768. The smallest absolute Gasteiger partial charge is 0.0715 e. The van der Waals surface area contributed by atoms with Gasteiger partial charge in [-0.2, -0.15) is 0 Å². The summed E-state index contributed by atoms with van der Waals surface area (Å²) in [6.45, 7) is 0. The van der Waals surface area contributed by atoms with E-state index in [2.05, 4.69) is 218 Å². The van der Waals surface area contributed by atoms with Crippen molar-refractivity contribution in [2.45, 2.75) is 5.41 Å². The Morgan fingerprint density at radius 2 is 0.877 bits per heavy atom. The van der Waals surface area contributed by atoms with E-state index < -0.39 is 5.41 Å². The Morgan fingerprint density at radius 1 is 0.316 bits per heavy atom. The molecule has 10 aromatic rings. The second-order valence-corrected chi connectivity index (χ2v) is 15.0. The van der Waals surface area contributed by atoms with E-state index in [4.69, 9.17) is 4.98 Å². The summed E-state index contributed by atoms with van der Waals surface area (Å²) in [5.74, 6) is 0. The van der Waals surface area contributed by atoms with Gasteiger partial charge in [-0.25, -0.2) is 4.98 Å². The van der Waals surface area contributed by atoms with Gasteiger partial charge in [0.15, 0.2) is 0 Å². The minimum absolute atomic E-state index is 0.424. The number of hydrogen-bond acceptors (Lipinski definition) is 1. The molecule has 1 aliphatic carbocycles. The lowest BCUT2D eigenvalue weighted by Crippen LogP contribution is -2.28. The Hall–Kier alpha value is -7.35. The molecule has 1 heterocycles. The zero-order valence-electron chi connectivity index (χ0n) is 31.3. The molecule has 0 bridgehead atoms. The Bertz CT molecular complexity index is 3050. The van der Waals surface area contributed by atoms with Crippen LogP contribution in [-0.4, -0.2) is 4.98 Å². The summed E-state index contributed by atoms with van der Waals surface area (Å²) in [7, 11) is 0. The quantitative estimate of drug-likeness (QED) is 0.166. The Morgan fingerprint density at radius 3 is 1.63 bits per heavy atom. The first-order valence-electron chi connectivity index (χ1n) is 19.7. The van der Waals surface area contributed by atoms with Crippen molar-refractivity contribution in [3.05, 3.63) is 247 Å². The molecule has 0 N–H and O–H groups in total. The molecule has 0 radical (unpaired) electrons. The zero-order valence-corrected chi connectivity index (χ0v) is 31.3. The second-order valence-electron chi connectivity index (χ2n) is 15.0. The average Bonchev–Trinajstić information content (AvgIpc) is 3.60. The van der Waals surface area contributed by atoms with Crippen molar-refractivity contribution >= 4 is 21.7 Å². The number of hydrogen-bond donors (Lipinski definition) is 0. The van der Waals surface area contributed by atoms with Crippen molar-refractivity contribution in [1.29, 1.82) is 0 Å². The molecule has 1 nitrogen and oxygen atoms in total.